The Morgan fingerprint density at radius 1 is 0.776 bits per heavy atom. The van der Waals surface area contributed by atoms with Crippen LogP contribution < -0.4 is 24.8 Å². The number of anilines is 3. The first-order chi connectivity index (χ1) is 28.1. The van der Waals surface area contributed by atoms with Crippen molar-refractivity contribution in [2.75, 3.05) is 60.5 Å². The summed E-state index contributed by atoms with van der Waals surface area (Å²) >= 11 is 6.39. The van der Waals surface area contributed by atoms with E-state index in [1.54, 1.807) is 12.1 Å². The molecular formula is C45H50ClN7O5. The molecule has 0 aliphatic carbocycles. The molecular weight excluding hydrogens is 754 g/mol. The van der Waals surface area contributed by atoms with Crippen LogP contribution in [0.25, 0.3) is 4.85 Å². The predicted molar refractivity (Wildman–Crippen MR) is 223 cm³/mol. The summed E-state index contributed by atoms with van der Waals surface area (Å²) in [5.41, 5.74) is 4.72. The molecule has 5 saturated heterocycles. The van der Waals surface area contributed by atoms with Crippen LogP contribution in [0.4, 0.5) is 22.7 Å². The van der Waals surface area contributed by atoms with Gasteiger partial charge in [0.15, 0.2) is 0 Å². The highest BCUT2D eigenvalue weighted by Crippen LogP contribution is 2.46. The van der Waals surface area contributed by atoms with E-state index < -0.39 is 23.8 Å². The largest absolute Gasteiger partial charge is 0.490 e. The number of ether oxygens (including phenoxy) is 1. The number of imide groups is 2. The first-order valence-corrected chi connectivity index (χ1v) is 21.3. The number of hydrogen-bond acceptors (Lipinski definition) is 9. The van der Waals surface area contributed by atoms with Gasteiger partial charge in [0.2, 0.25) is 17.5 Å². The maximum absolute atomic E-state index is 13.4. The first kappa shape index (κ1) is 38.4. The first-order valence-electron chi connectivity index (χ1n) is 20.9. The maximum Gasteiger partial charge on any atom is 0.262 e. The lowest BCUT2D eigenvalue weighted by molar-refractivity contribution is -0.136. The van der Waals surface area contributed by atoms with E-state index in [1.165, 1.54) is 12.1 Å². The Labute approximate surface area is 344 Å². The topological polar surface area (TPSA) is 110 Å². The van der Waals surface area contributed by atoms with Crippen molar-refractivity contribution in [3.05, 3.63) is 88.2 Å². The molecule has 1 spiro atoms. The van der Waals surface area contributed by atoms with Crippen molar-refractivity contribution in [1.82, 2.24) is 15.1 Å². The molecule has 6 aliphatic rings. The average molecular weight is 804 g/mol. The number of rotatable bonds is 7. The van der Waals surface area contributed by atoms with Crippen molar-refractivity contribution >= 4 is 58.0 Å². The second-order valence-electron chi connectivity index (χ2n) is 17.2. The van der Waals surface area contributed by atoms with E-state index in [0.717, 1.165) is 106 Å². The number of carbonyl (C=O) groups is 4. The number of hydrogen-bond donors (Lipinski definition) is 1. The zero-order valence-electron chi connectivity index (χ0n) is 33.0. The molecule has 0 saturated carbocycles. The van der Waals surface area contributed by atoms with Crippen molar-refractivity contribution < 1.29 is 23.9 Å². The van der Waals surface area contributed by atoms with Crippen LogP contribution in [0.5, 0.6) is 5.75 Å². The second-order valence-corrected chi connectivity index (χ2v) is 17.6. The van der Waals surface area contributed by atoms with Crippen LogP contribution in [0.15, 0.2) is 60.7 Å². The van der Waals surface area contributed by atoms with Gasteiger partial charge in [-0.05, 0) is 118 Å². The van der Waals surface area contributed by atoms with Crippen LogP contribution in [0, 0.1) is 12.0 Å². The predicted octanol–water partition coefficient (Wildman–Crippen LogP) is 6.69. The zero-order valence-corrected chi connectivity index (χ0v) is 33.8. The smallest absolute Gasteiger partial charge is 0.262 e. The number of carbonyl (C=O) groups excluding carboxylic acids is 4. The number of amides is 4. The van der Waals surface area contributed by atoms with Gasteiger partial charge in [-0.3, -0.25) is 34.3 Å². The number of nitrogens with one attached hydrogen (secondary N) is 1. The van der Waals surface area contributed by atoms with Gasteiger partial charge in [0.25, 0.3) is 11.8 Å². The van der Waals surface area contributed by atoms with E-state index in [0.29, 0.717) is 39.3 Å². The molecule has 0 radical (unpaired) electrons. The molecule has 58 heavy (non-hydrogen) atoms. The molecule has 302 valence electrons. The second kappa shape index (κ2) is 15.6. The summed E-state index contributed by atoms with van der Waals surface area (Å²) in [5.74, 6) is -0.990. The summed E-state index contributed by atoms with van der Waals surface area (Å²) < 4.78 is 6.51. The van der Waals surface area contributed by atoms with Gasteiger partial charge >= 0.3 is 0 Å². The van der Waals surface area contributed by atoms with Crippen LogP contribution in [0.2, 0.25) is 5.02 Å². The highest BCUT2D eigenvalue weighted by Gasteiger charge is 2.46. The summed E-state index contributed by atoms with van der Waals surface area (Å²) in [6.45, 7) is 16.4. The lowest BCUT2D eigenvalue weighted by Gasteiger charge is -2.42. The third-order valence-corrected chi connectivity index (χ3v) is 14.0. The van der Waals surface area contributed by atoms with E-state index in [-0.39, 0.29) is 24.9 Å². The minimum atomic E-state index is -0.961. The highest BCUT2D eigenvalue weighted by atomic mass is 35.5. The SMILES string of the molecule is [C-]#[N+]c1ccc(N2CC3(CCN(c4ccc(OC5CCN(C6CCN(c7ccc8c(c7)C(=O)N(C7CCC(=O)NC7=O)C8=O)CC6)CC5)cc4)CC3)C[C@@H]2C)cc1Cl. The van der Waals surface area contributed by atoms with Gasteiger partial charge in [0, 0.05) is 86.4 Å². The third-order valence-electron chi connectivity index (χ3n) is 13.7. The summed E-state index contributed by atoms with van der Waals surface area (Å²) in [6, 6.07) is 19.9. The fourth-order valence-electron chi connectivity index (χ4n) is 10.5. The molecule has 3 aromatic carbocycles. The van der Waals surface area contributed by atoms with E-state index in [1.807, 2.05) is 24.3 Å². The fraction of sp³-hybridized carbons (Fsp3) is 0.489. The number of halogens is 1. The Kier molecular flexibility index (Phi) is 10.3. The van der Waals surface area contributed by atoms with E-state index in [4.69, 9.17) is 22.9 Å². The minimum absolute atomic E-state index is 0.102. The summed E-state index contributed by atoms with van der Waals surface area (Å²) in [5, 5.41) is 2.78. The number of piperidine rings is 4. The highest BCUT2D eigenvalue weighted by molar-refractivity contribution is 6.33. The van der Waals surface area contributed by atoms with E-state index in [2.05, 4.69) is 61.0 Å². The van der Waals surface area contributed by atoms with E-state index in [9.17, 15) is 19.2 Å². The Morgan fingerprint density at radius 3 is 2.14 bits per heavy atom. The molecule has 6 heterocycles. The Balaban J connectivity index is 0.720. The van der Waals surface area contributed by atoms with E-state index >= 15 is 0 Å². The lowest BCUT2D eigenvalue weighted by Crippen LogP contribution is -2.54. The van der Waals surface area contributed by atoms with Crippen LogP contribution in [-0.2, 0) is 9.59 Å². The molecule has 9 rings (SSSR count). The van der Waals surface area contributed by atoms with Gasteiger partial charge in [0.1, 0.15) is 17.9 Å². The molecule has 3 aromatic rings. The molecule has 5 fully saturated rings. The fourth-order valence-corrected chi connectivity index (χ4v) is 10.7. The third kappa shape index (κ3) is 7.28. The van der Waals surface area contributed by atoms with Crippen LogP contribution in [-0.4, -0.2) is 103 Å². The van der Waals surface area contributed by atoms with Gasteiger partial charge in [-0.1, -0.05) is 17.7 Å². The Bertz CT molecular complexity index is 2150. The maximum atomic E-state index is 13.4. The number of nitrogens with zero attached hydrogens (tertiary/aromatic N) is 6. The number of likely N-dealkylation sites (tertiary alicyclic amines) is 1. The van der Waals surface area contributed by atoms with Crippen molar-refractivity contribution in [2.45, 2.75) is 88.9 Å². The monoisotopic (exact) mass is 803 g/mol. The molecule has 2 atom stereocenters. The van der Waals surface area contributed by atoms with Gasteiger partial charge in [-0.25, -0.2) is 4.85 Å². The van der Waals surface area contributed by atoms with Crippen molar-refractivity contribution in [3.8, 4) is 5.75 Å². The molecule has 1 unspecified atom stereocenters. The van der Waals surface area contributed by atoms with Gasteiger partial charge in [0.05, 0.1) is 17.7 Å². The van der Waals surface area contributed by atoms with Crippen LogP contribution >= 0.6 is 11.6 Å². The van der Waals surface area contributed by atoms with Gasteiger partial charge < -0.3 is 19.4 Å². The minimum Gasteiger partial charge on any atom is -0.490 e. The van der Waals surface area contributed by atoms with Crippen molar-refractivity contribution in [2.24, 2.45) is 5.41 Å². The molecule has 6 aliphatic heterocycles. The standard InChI is InChI=1S/C45H50ClN7O5/c1-29-27-45(28-52(29)33-6-10-39(47-2)38(46)26-33)17-23-51(24-18-45)30-3-7-34(8-4-30)58-35-15-21-49(22-16-35)31-13-19-50(20-14-31)32-5-9-36-37(25-32)44(57)53(43(36)56)40-11-12-41(54)48-42(40)55/h3-10,25-26,29,31,35,40H,11-24,27-28H2,1H3,(H,48,54,55)/t29-,40?/m0/s1. The quantitative estimate of drug-likeness (QED) is 0.207. The number of benzene rings is 3. The molecule has 0 bridgehead atoms. The lowest BCUT2D eigenvalue weighted by atomic mass is 9.76. The van der Waals surface area contributed by atoms with Crippen LogP contribution in [0.3, 0.4) is 0 Å². The average Bonchev–Trinajstić information content (AvgIpc) is 3.69. The summed E-state index contributed by atoms with van der Waals surface area (Å²) in [7, 11) is 0. The molecule has 4 amide bonds. The summed E-state index contributed by atoms with van der Waals surface area (Å²) in [6.07, 6.45) is 7.94. The van der Waals surface area contributed by atoms with Crippen molar-refractivity contribution in [1.29, 1.82) is 0 Å². The molecule has 0 aromatic heterocycles. The normalized spacial score (nSPS) is 24.4. The molecule has 1 N–H and O–H groups in total. The van der Waals surface area contributed by atoms with Gasteiger partial charge in [-0.2, -0.15) is 0 Å². The van der Waals surface area contributed by atoms with Crippen LogP contribution in [0.1, 0.15) is 85.4 Å². The Hall–Kier alpha value is -5.12. The molecule has 12 nitrogen and oxygen atoms in total. The zero-order chi connectivity index (χ0) is 40.1. The summed E-state index contributed by atoms with van der Waals surface area (Å²) in [4.78, 5) is 65.0. The molecule has 13 heteroatoms. The van der Waals surface area contributed by atoms with Crippen molar-refractivity contribution in [3.63, 3.8) is 0 Å². The number of fused-ring (bicyclic) bond motifs is 1. The van der Waals surface area contributed by atoms with Gasteiger partial charge in [-0.15, -0.1) is 0 Å². The Morgan fingerprint density at radius 2 is 1.45 bits per heavy atom.